The van der Waals surface area contributed by atoms with Gasteiger partial charge in [0.05, 0.1) is 16.5 Å². The van der Waals surface area contributed by atoms with Crippen molar-refractivity contribution >= 4 is 63.5 Å². The summed E-state index contributed by atoms with van der Waals surface area (Å²) in [5.74, 6) is 0.882. The second kappa shape index (κ2) is 9.85. The van der Waals surface area contributed by atoms with Gasteiger partial charge in [-0.1, -0.05) is 59.3 Å². The van der Waals surface area contributed by atoms with Crippen LogP contribution in [0, 0.1) is 0 Å². The molecular weight excluding hydrogens is 449 g/mol. The van der Waals surface area contributed by atoms with E-state index in [1.807, 2.05) is 32.0 Å². The molecule has 0 bridgehead atoms. The van der Waals surface area contributed by atoms with Crippen LogP contribution in [0.3, 0.4) is 0 Å². The van der Waals surface area contributed by atoms with Crippen LogP contribution < -0.4 is 9.47 Å². The molecule has 0 aliphatic carbocycles. The predicted molar refractivity (Wildman–Crippen MR) is 124 cm³/mol. The number of thioether (sulfide) groups is 1. The number of amides is 1. The number of ether oxygens (including phenoxy) is 2. The third kappa shape index (κ3) is 5.25. The highest BCUT2D eigenvalue weighted by molar-refractivity contribution is 8.26. The van der Waals surface area contributed by atoms with Crippen molar-refractivity contribution in [2.45, 2.75) is 20.5 Å². The fourth-order valence-electron chi connectivity index (χ4n) is 2.73. The van der Waals surface area contributed by atoms with Crippen molar-refractivity contribution in [2.24, 2.45) is 0 Å². The van der Waals surface area contributed by atoms with Crippen LogP contribution >= 0.6 is 47.2 Å². The number of carbonyl (C=O) groups is 1. The van der Waals surface area contributed by atoms with Crippen LogP contribution in [0.5, 0.6) is 11.5 Å². The molecule has 1 aliphatic rings. The van der Waals surface area contributed by atoms with Crippen molar-refractivity contribution in [3.8, 4) is 11.5 Å². The minimum atomic E-state index is -0.0975. The molecule has 2 aromatic rings. The molecule has 1 aliphatic heterocycles. The summed E-state index contributed by atoms with van der Waals surface area (Å²) in [4.78, 5) is 14.6. The lowest BCUT2D eigenvalue weighted by atomic mass is 10.1. The summed E-state index contributed by atoms with van der Waals surface area (Å²) in [5.41, 5.74) is 1.70. The monoisotopic (exact) mass is 467 g/mol. The van der Waals surface area contributed by atoms with Gasteiger partial charge in [0.2, 0.25) is 0 Å². The fraction of sp³-hybridized carbons (Fsp3) is 0.238. The molecule has 0 spiro atoms. The van der Waals surface area contributed by atoms with Crippen molar-refractivity contribution in [3.63, 3.8) is 0 Å². The van der Waals surface area contributed by atoms with E-state index in [1.54, 1.807) is 29.2 Å². The van der Waals surface area contributed by atoms with E-state index in [4.69, 9.17) is 44.9 Å². The van der Waals surface area contributed by atoms with Gasteiger partial charge in [0.1, 0.15) is 10.9 Å². The molecule has 1 amide bonds. The maximum absolute atomic E-state index is 12.4. The molecule has 0 radical (unpaired) electrons. The molecule has 0 saturated carbocycles. The van der Waals surface area contributed by atoms with Gasteiger partial charge < -0.3 is 9.47 Å². The minimum absolute atomic E-state index is 0.0975. The zero-order valence-electron chi connectivity index (χ0n) is 15.9. The molecule has 8 heteroatoms. The average Bonchev–Trinajstić information content (AvgIpc) is 2.95. The molecule has 1 saturated heterocycles. The summed E-state index contributed by atoms with van der Waals surface area (Å²) in [7, 11) is 0. The standard InChI is InChI=1S/C21H19Cl2NO3S2/c1-3-24-20(25)18(29-21(24)28)11-14-9-16(23)19(17(10-14)26-4-2)27-12-13-5-7-15(22)8-6-13/h5-11H,3-4,12H2,1-2H3/b18-11-. The fourth-order valence-corrected chi connectivity index (χ4v) is 4.52. The quantitative estimate of drug-likeness (QED) is 0.358. The van der Waals surface area contributed by atoms with Gasteiger partial charge in [-0.3, -0.25) is 9.69 Å². The number of halogens is 2. The van der Waals surface area contributed by atoms with E-state index >= 15 is 0 Å². The van der Waals surface area contributed by atoms with Gasteiger partial charge in [0, 0.05) is 11.6 Å². The maximum atomic E-state index is 12.4. The molecule has 1 heterocycles. The van der Waals surface area contributed by atoms with E-state index in [0.717, 1.165) is 11.1 Å². The van der Waals surface area contributed by atoms with Crippen LogP contribution in [0.25, 0.3) is 6.08 Å². The SMILES string of the molecule is CCOc1cc(/C=C2\SC(=S)N(CC)C2=O)cc(Cl)c1OCc1ccc(Cl)cc1. The second-order valence-corrected chi connectivity index (χ2v) is 8.62. The lowest BCUT2D eigenvalue weighted by Crippen LogP contribution is -2.27. The van der Waals surface area contributed by atoms with E-state index < -0.39 is 0 Å². The summed E-state index contributed by atoms with van der Waals surface area (Å²) in [6, 6.07) is 11.0. The zero-order valence-corrected chi connectivity index (χ0v) is 19.1. The van der Waals surface area contributed by atoms with E-state index in [-0.39, 0.29) is 5.91 Å². The van der Waals surface area contributed by atoms with Gasteiger partial charge in [-0.25, -0.2) is 0 Å². The number of thiocarbonyl (C=S) groups is 1. The van der Waals surface area contributed by atoms with Crippen LogP contribution in [0.4, 0.5) is 0 Å². The lowest BCUT2D eigenvalue weighted by molar-refractivity contribution is -0.121. The summed E-state index contributed by atoms with van der Waals surface area (Å²) in [5, 5.41) is 1.07. The highest BCUT2D eigenvalue weighted by Crippen LogP contribution is 2.39. The van der Waals surface area contributed by atoms with Crippen molar-refractivity contribution in [2.75, 3.05) is 13.2 Å². The van der Waals surface area contributed by atoms with E-state index in [0.29, 0.717) is 50.5 Å². The molecule has 152 valence electrons. The largest absolute Gasteiger partial charge is 0.490 e. The smallest absolute Gasteiger partial charge is 0.266 e. The Balaban J connectivity index is 1.86. The Labute approximate surface area is 189 Å². The Morgan fingerprint density at radius 1 is 1.14 bits per heavy atom. The second-order valence-electron chi connectivity index (χ2n) is 6.10. The zero-order chi connectivity index (χ0) is 21.0. The van der Waals surface area contributed by atoms with Crippen LogP contribution in [0.15, 0.2) is 41.3 Å². The molecule has 0 unspecified atom stereocenters. The summed E-state index contributed by atoms with van der Waals surface area (Å²) >= 11 is 18.9. The van der Waals surface area contributed by atoms with Gasteiger partial charge in [-0.15, -0.1) is 0 Å². The van der Waals surface area contributed by atoms with Gasteiger partial charge in [0.25, 0.3) is 5.91 Å². The van der Waals surface area contributed by atoms with Gasteiger partial charge >= 0.3 is 0 Å². The Bertz CT molecular complexity index is 961. The summed E-state index contributed by atoms with van der Waals surface area (Å²) in [6.07, 6.45) is 1.77. The first-order chi connectivity index (χ1) is 13.9. The third-order valence-corrected chi connectivity index (χ3v) is 6.03. The van der Waals surface area contributed by atoms with Crippen LogP contribution in [0.2, 0.25) is 10.0 Å². The highest BCUT2D eigenvalue weighted by Gasteiger charge is 2.30. The van der Waals surface area contributed by atoms with Crippen LogP contribution in [0.1, 0.15) is 25.0 Å². The van der Waals surface area contributed by atoms with Gasteiger partial charge in [0.15, 0.2) is 11.5 Å². The Morgan fingerprint density at radius 3 is 2.48 bits per heavy atom. The molecule has 0 aromatic heterocycles. The predicted octanol–water partition coefficient (Wildman–Crippen LogP) is 6.19. The number of hydrogen-bond acceptors (Lipinski definition) is 5. The number of rotatable bonds is 7. The minimum Gasteiger partial charge on any atom is -0.490 e. The Kier molecular flexibility index (Phi) is 7.46. The van der Waals surface area contributed by atoms with E-state index in [1.165, 1.54) is 11.8 Å². The Hall–Kier alpha value is -1.73. The van der Waals surface area contributed by atoms with Crippen LogP contribution in [-0.2, 0) is 11.4 Å². The summed E-state index contributed by atoms with van der Waals surface area (Å²) < 4.78 is 12.2. The van der Waals surface area contributed by atoms with Crippen molar-refractivity contribution < 1.29 is 14.3 Å². The average molecular weight is 468 g/mol. The molecular formula is C21H19Cl2NO3S2. The van der Waals surface area contributed by atoms with Gasteiger partial charge in [-0.05, 0) is 55.3 Å². The molecule has 0 N–H and O–H groups in total. The first kappa shape index (κ1) is 22.0. The molecule has 4 nitrogen and oxygen atoms in total. The molecule has 1 fully saturated rings. The topological polar surface area (TPSA) is 38.8 Å². The van der Waals surface area contributed by atoms with Crippen molar-refractivity contribution in [1.82, 2.24) is 4.90 Å². The normalized spacial score (nSPS) is 15.3. The lowest BCUT2D eigenvalue weighted by Gasteiger charge is -2.15. The number of nitrogens with zero attached hydrogens (tertiary/aromatic N) is 1. The third-order valence-electron chi connectivity index (χ3n) is 4.12. The molecule has 2 aromatic carbocycles. The number of likely N-dealkylation sites (N-methyl/N-ethyl adjacent to an activating group) is 1. The van der Waals surface area contributed by atoms with Crippen LogP contribution in [-0.4, -0.2) is 28.3 Å². The van der Waals surface area contributed by atoms with Crippen molar-refractivity contribution in [3.05, 3.63) is 62.5 Å². The summed E-state index contributed by atoms with van der Waals surface area (Å²) in [6.45, 7) is 5.10. The van der Waals surface area contributed by atoms with E-state index in [9.17, 15) is 4.79 Å². The Morgan fingerprint density at radius 2 is 1.86 bits per heavy atom. The maximum Gasteiger partial charge on any atom is 0.266 e. The highest BCUT2D eigenvalue weighted by atomic mass is 35.5. The van der Waals surface area contributed by atoms with Crippen molar-refractivity contribution in [1.29, 1.82) is 0 Å². The molecule has 29 heavy (non-hydrogen) atoms. The molecule has 3 rings (SSSR count). The number of carbonyl (C=O) groups excluding carboxylic acids is 1. The first-order valence-corrected chi connectivity index (χ1v) is 11.0. The number of hydrogen-bond donors (Lipinski definition) is 0. The van der Waals surface area contributed by atoms with Gasteiger partial charge in [-0.2, -0.15) is 0 Å². The van der Waals surface area contributed by atoms with E-state index in [2.05, 4.69) is 0 Å². The molecule has 0 atom stereocenters. The first-order valence-electron chi connectivity index (χ1n) is 9.01. The number of benzene rings is 2.